The number of nitrogens with zero attached hydrogens (tertiary/aromatic N) is 1. The Labute approximate surface area is 151 Å². The van der Waals surface area contributed by atoms with E-state index in [2.05, 4.69) is 4.98 Å². The number of nitrogens with one attached hydrogen (secondary N) is 1. The summed E-state index contributed by atoms with van der Waals surface area (Å²) in [5, 5.41) is 9.88. The normalized spacial score (nSPS) is 17.4. The van der Waals surface area contributed by atoms with Crippen molar-refractivity contribution in [3.63, 3.8) is 0 Å². The van der Waals surface area contributed by atoms with Crippen LogP contribution < -0.4 is 5.56 Å². The van der Waals surface area contributed by atoms with Gasteiger partial charge in [0.1, 0.15) is 0 Å². The number of H-pyrrole nitrogens is 1. The van der Waals surface area contributed by atoms with Crippen LogP contribution in [0.4, 0.5) is 0 Å². The lowest BCUT2D eigenvalue weighted by molar-refractivity contribution is 0.0732. The van der Waals surface area contributed by atoms with E-state index in [1.807, 2.05) is 12.1 Å². The predicted octanol–water partition coefficient (Wildman–Crippen LogP) is 1.60. The first-order chi connectivity index (χ1) is 12.3. The molecule has 0 spiro atoms. The number of benzene rings is 1. The summed E-state index contributed by atoms with van der Waals surface area (Å²) in [6.45, 7) is 0.529. The van der Waals surface area contributed by atoms with E-state index in [1.54, 1.807) is 17.0 Å². The molecule has 0 bridgehead atoms. The first-order valence-corrected chi connectivity index (χ1v) is 10.3. The molecular formula is C18H20N2O5S. The van der Waals surface area contributed by atoms with Crippen molar-refractivity contribution in [3.05, 3.63) is 63.6 Å². The number of carbonyl (C=O) groups is 1. The molecule has 0 unspecified atom stereocenters. The summed E-state index contributed by atoms with van der Waals surface area (Å²) in [6, 6.07) is 8.38. The van der Waals surface area contributed by atoms with Crippen molar-refractivity contribution >= 4 is 15.7 Å². The number of sulfone groups is 1. The Bertz CT molecular complexity index is 979. The molecule has 2 heterocycles. The first kappa shape index (κ1) is 18.2. The molecule has 8 heteroatoms. The number of rotatable bonds is 4. The summed E-state index contributed by atoms with van der Waals surface area (Å²) >= 11 is 0. The van der Waals surface area contributed by atoms with Gasteiger partial charge in [0.05, 0.1) is 17.4 Å². The topological polar surface area (TPSA) is 108 Å². The first-order valence-electron chi connectivity index (χ1n) is 8.24. The fourth-order valence-electron chi connectivity index (χ4n) is 3.29. The van der Waals surface area contributed by atoms with Gasteiger partial charge in [0.15, 0.2) is 15.6 Å². The van der Waals surface area contributed by atoms with Gasteiger partial charge in [-0.05, 0) is 30.0 Å². The van der Waals surface area contributed by atoms with Gasteiger partial charge in [0.2, 0.25) is 0 Å². The van der Waals surface area contributed by atoms with Crippen LogP contribution in [0.1, 0.15) is 40.4 Å². The quantitative estimate of drug-likeness (QED) is 0.843. The molecule has 1 aliphatic rings. The minimum Gasteiger partial charge on any atom is -0.502 e. The molecule has 1 aliphatic heterocycles. The number of hydrogen-bond acceptors (Lipinski definition) is 5. The minimum absolute atomic E-state index is 0.0191. The Hall–Kier alpha value is -2.61. The summed E-state index contributed by atoms with van der Waals surface area (Å²) in [5.74, 6) is -0.996. The van der Waals surface area contributed by atoms with Crippen molar-refractivity contribution < 1.29 is 18.3 Å². The van der Waals surface area contributed by atoms with Crippen LogP contribution in [0.25, 0.3) is 0 Å². The smallest absolute Gasteiger partial charge is 0.290 e. The molecule has 2 N–H and O–H groups in total. The summed E-state index contributed by atoms with van der Waals surface area (Å²) in [4.78, 5) is 28.3. The number of amides is 1. The highest BCUT2D eigenvalue weighted by Gasteiger charge is 2.32. The zero-order valence-electron chi connectivity index (χ0n) is 14.3. The standard InChI is InChI=1S/C18H20N2O5S/c1-26(24,25)11-12-4-6-13(7-5-12)15-3-2-10-20(15)18(23)14-8-9-19-17(22)16(14)21/h4-9,15,21H,2-3,10-11H2,1H3,(H,19,22)/t15-/m1/s1. The third kappa shape index (κ3) is 3.80. The van der Waals surface area contributed by atoms with Crippen molar-refractivity contribution in [2.45, 2.75) is 24.6 Å². The Morgan fingerprint density at radius 2 is 1.96 bits per heavy atom. The van der Waals surface area contributed by atoms with Crippen molar-refractivity contribution in [1.29, 1.82) is 0 Å². The van der Waals surface area contributed by atoms with Crippen LogP contribution in [0, 0.1) is 0 Å². The summed E-state index contributed by atoms with van der Waals surface area (Å²) in [7, 11) is -3.10. The SMILES string of the molecule is CS(=O)(=O)Cc1ccc([C@H]2CCCN2C(=O)c2cc[nH]c(=O)c2O)cc1. The average molecular weight is 376 g/mol. The molecule has 1 aromatic carbocycles. The molecular weight excluding hydrogens is 356 g/mol. The van der Waals surface area contributed by atoms with Crippen molar-refractivity contribution in [3.8, 4) is 5.75 Å². The highest BCUT2D eigenvalue weighted by molar-refractivity contribution is 7.89. The summed E-state index contributed by atoms with van der Waals surface area (Å²) in [6.07, 6.45) is 4.10. The third-order valence-electron chi connectivity index (χ3n) is 4.47. The summed E-state index contributed by atoms with van der Waals surface area (Å²) < 4.78 is 22.8. The molecule has 3 rings (SSSR count). The number of aromatic amines is 1. The highest BCUT2D eigenvalue weighted by atomic mass is 32.2. The average Bonchev–Trinajstić information content (AvgIpc) is 3.05. The van der Waals surface area contributed by atoms with Gasteiger partial charge in [0.25, 0.3) is 11.5 Å². The Morgan fingerprint density at radius 1 is 1.27 bits per heavy atom. The molecule has 2 aromatic rings. The number of likely N-dealkylation sites (tertiary alicyclic amines) is 1. The van der Waals surface area contributed by atoms with Crippen LogP contribution in [0.15, 0.2) is 41.3 Å². The Kier molecular flexibility index (Phi) is 4.86. The van der Waals surface area contributed by atoms with Crippen LogP contribution in [0.5, 0.6) is 5.75 Å². The number of carbonyl (C=O) groups excluding carboxylic acids is 1. The fourth-order valence-corrected chi connectivity index (χ4v) is 4.09. The van der Waals surface area contributed by atoms with E-state index in [0.717, 1.165) is 18.4 Å². The minimum atomic E-state index is -3.10. The maximum Gasteiger partial charge on any atom is 0.290 e. The number of aromatic nitrogens is 1. The van der Waals surface area contributed by atoms with Crippen LogP contribution in [0.3, 0.4) is 0 Å². The van der Waals surface area contributed by atoms with E-state index in [0.29, 0.717) is 12.1 Å². The molecule has 1 atom stereocenters. The van der Waals surface area contributed by atoms with Gasteiger partial charge in [0, 0.05) is 19.0 Å². The molecule has 138 valence electrons. The van der Waals surface area contributed by atoms with Gasteiger partial charge in [-0.3, -0.25) is 9.59 Å². The number of aromatic hydroxyl groups is 1. The molecule has 1 aromatic heterocycles. The van der Waals surface area contributed by atoms with Gasteiger partial charge in [-0.15, -0.1) is 0 Å². The third-order valence-corrected chi connectivity index (χ3v) is 5.33. The van der Waals surface area contributed by atoms with Crippen LogP contribution >= 0.6 is 0 Å². The molecule has 7 nitrogen and oxygen atoms in total. The predicted molar refractivity (Wildman–Crippen MR) is 96.7 cm³/mol. The van der Waals surface area contributed by atoms with Gasteiger partial charge in [-0.1, -0.05) is 24.3 Å². The Morgan fingerprint density at radius 3 is 2.62 bits per heavy atom. The van der Waals surface area contributed by atoms with E-state index < -0.39 is 27.1 Å². The maximum absolute atomic E-state index is 12.8. The van der Waals surface area contributed by atoms with Gasteiger partial charge in [-0.2, -0.15) is 0 Å². The molecule has 1 amide bonds. The van der Waals surface area contributed by atoms with Gasteiger partial charge < -0.3 is 15.0 Å². The fraction of sp³-hybridized carbons (Fsp3) is 0.333. The lowest BCUT2D eigenvalue weighted by Gasteiger charge is -2.25. The second-order valence-corrected chi connectivity index (χ2v) is 8.68. The number of hydrogen-bond donors (Lipinski definition) is 2. The van der Waals surface area contributed by atoms with Gasteiger partial charge in [-0.25, -0.2) is 8.42 Å². The molecule has 1 saturated heterocycles. The van der Waals surface area contributed by atoms with Crippen LogP contribution in [0.2, 0.25) is 0 Å². The molecule has 1 fully saturated rings. The lowest BCUT2D eigenvalue weighted by Crippen LogP contribution is -2.31. The van der Waals surface area contributed by atoms with Crippen LogP contribution in [-0.4, -0.2) is 42.1 Å². The van der Waals surface area contributed by atoms with Crippen molar-refractivity contribution in [2.24, 2.45) is 0 Å². The van der Waals surface area contributed by atoms with E-state index in [1.165, 1.54) is 18.5 Å². The monoisotopic (exact) mass is 376 g/mol. The zero-order valence-corrected chi connectivity index (χ0v) is 15.1. The van der Waals surface area contributed by atoms with Crippen molar-refractivity contribution in [1.82, 2.24) is 9.88 Å². The summed E-state index contributed by atoms with van der Waals surface area (Å²) in [5.41, 5.74) is 0.878. The highest BCUT2D eigenvalue weighted by Crippen LogP contribution is 2.34. The zero-order chi connectivity index (χ0) is 18.9. The Balaban J connectivity index is 1.85. The van der Waals surface area contributed by atoms with Crippen LogP contribution in [-0.2, 0) is 15.6 Å². The van der Waals surface area contributed by atoms with Gasteiger partial charge >= 0.3 is 0 Å². The molecule has 0 radical (unpaired) electrons. The van der Waals surface area contributed by atoms with E-state index in [9.17, 15) is 23.1 Å². The van der Waals surface area contributed by atoms with E-state index in [-0.39, 0.29) is 17.4 Å². The molecule has 0 aliphatic carbocycles. The second kappa shape index (κ2) is 6.95. The van der Waals surface area contributed by atoms with E-state index in [4.69, 9.17) is 0 Å². The maximum atomic E-state index is 12.8. The van der Waals surface area contributed by atoms with E-state index >= 15 is 0 Å². The largest absolute Gasteiger partial charge is 0.502 e. The van der Waals surface area contributed by atoms with Crippen molar-refractivity contribution in [2.75, 3.05) is 12.8 Å². The molecule has 26 heavy (non-hydrogen) atoms. The lowest BCUT2D eigenvalue weighted by atomic mass is 10.0. The second-order valence-electron chi connectivity index (χ2n) is 6.54. The number of pyridine rings is 1. The molecule has 0 saturated carbocycles.